The third kappa shape index (κ3) is 5.93. The Morgan fingerprint density at radius 2 is 1.59 bits per heavy atom. The van der Waals surface area contributed by atoms with E-state index in [0.29, 0.717) is 5.69 Å². The Hall–Kier alpha value is -4.24. The number of hydrogen-bond donors (Lipinski definition) is 1. The molecule has 39 heavy (non-hydrogen) atoms. The van der Waals surface area contributed by atoms with E-state index >= 15 is 0 Å². The standard InChI is InChI=1S/C24H29N9O5S/c1-14(2)38-19(20-26-11-15(3)12-27-20)16(4)39(34,35)32-24-31-30-21(17-9-7-8-10-25-17)33(24)18-22(36-5)28-13-29-23(18)37-6/h7-14,16,19H,1-6H3,(H,31,32)/t16-,19+/m0/s1. The van der Waals surface area contributed by atoms with Crippen LogP contribution in [0.5, 0.6) is 11.8 Å². The zero-order valence-corrected chi connectivity index (χ0v) is 23.1. The third-order valence-corrected chi connectivity index (χ3v) is 7.24. The molecule has 0 radical (unpaired) electrons. The van der Waals surface area contributed by atoms with Crippen molar-refractivity contribution in [3.8, 4) is 29.0 Å². The summed E-state index contributed by atoms with van der Waals surface area (Å²) in [6.45, 7) is 6.95. The Bertz CT molecular complexity index is 1490. The van der Waals surface area contributed by atoms with Crippen LogP contribution >= 0.6 is 0 Å². The third-order valence-electron chi connectivity index (χ3n) is 5.55. The van der Waals surface area contributed by atoms with E-state index in [1.54, 1.807) is 50.6 Å². The number of nitrogens with one attached hydrogen (secondary N) is 1. The number of nitrogens with zero attached hydrogens (tertiary/aromatic N) is 8. The molecule has 4 rings (SSSR count). The fourth-order valence-corrected chi connectivity index (χ4v) is 4.75. The minimum absolute atomic E-state index is 0.0985. The number of sulfonamides is 1. The molecule has 0 spiro atoms. The molecule has 15 heteroatoms. The maximum absolute atomic E-state index is 13.8. The smallest absolute Gasteiger partial charge is 0.245 e. The highest BCUT2D eigenvalue weighted by molar-refractivity contribution is 7.93. The number of rotatable bonds is 11. The first kappa shape index (κ1) is 27.8. The van der Waals surface area contributed by atoms with Gasteiger partial charge in [0.1, 0.15) is 23.4 Å². The predicted octanol–water partition coefficient (Wildman–Crippen LogP) is 2.53. The zero-order chi connectivity index (χ0) is 28.2. The summed E-state index contributed by atoms with van der Waals surface area (Å²) in [6.07, 6.45) is 4.77. The van der Waals surface area contributed by atoms with E-state index in [-0.39, 0.29) is 41.1 Å². The number of methoxy groups -OCH3 is 2. The zero-order valence-electron chi connectivity index (χ0n) is 22.3. The molecule has 206 valence electrons. The van der Waals surface area contributed by atoms with Crippen molar-refractivity contribution in [1.29, 1.82) is 0 Å². The van der Waals surface area contributed by atoms with Crippen LogP contribution in [0.15, 0.2) is 43.1 Å². The van der Waals surface area contributed by atoms with Gasteiger partial charge in [-0.1, -0.05) is 6.07 Å². The summed E-state index contributed by atoms with van der Waals surface area (Å²) >= 11 is 0. The monoisotopic (exact) mass is 555 g/mol. The highest BCUT2D eigenvalue weighted by Gasteiger charge is 2.36. The molecule has 0 unspecified atom stereocenters. The Morgan fingerprint density at radius 3 is 2.15 bits per heavy atom. The summed E-state index contributed by atoms with van der Waals surface area (Å²) in [4.78, 5) is 21.3. The molecule has 0 bridgehead atoms. The van der Waals surface area contributed by atoms with Crippen LogP contribution in [-0.4, -0.2) is 73.7 Å². The van der Waals surface area contributed by atoms with Crippen LogP contribution in [0.25, 0.3) is 17.2 Å². The lowest BCUT2D eigenvalue weighted by Crippen LogP contribution is -2.35. The molecule has 0 aliphatic carbocycles. The average molecular weight is 556 g/mol. The van der Waals surface area contributed by atoms with Crippen molar-refractivity contribution in [2.24, 2.45) is 0 Å². The molecule has 0 saturated carbocycles. The lowest BCUT2D eigenvalue weighted by molar-refractivity contribution is 0.00152. The largest absolute Gasteiger partial charge is 0.479 e. The maximum atomic E-state index is 13.8. The molecule has 0 amide bonds. The van der Waals surface area contributed by atoms with Crippen molar-refractivity contribution in [1.82, 2.24) is 39.7 Å². The van der Waals surface area contributed by atoms with Crippen molar-refractivity contribution in [3.63, 3.8) is 0 Å². The first-order chi connectivity index (χ1) is 18.7. The number of pyridine rings is 1. The molecule has 2 atom stereocenters. The number of ether oxygens (including phenoxy) is 3. The highest BCUT2D eigenvalue weighted by Crippen LogP contribution is 2.35. The Labute approximate surface area is 225 Å². The minimum Gasteiger partial charge on any atom is -0.479 e. The van der Waals surface area contributed by atoms with Gasteiger partial charge in [0.25, 0.3) is 0 Å². The molecule has 0 saturated heterocycles. The molecule has 0 aliphatic rings. The molecule has 0 aliphatic heterocycles. The van der Waals surface area contributed by atoms with Gasteiger partial charge in [-0.3, -0.25) is 9.71 Å². The second-order valence-corrected chi connectivity index (χ2v) is 10.8. The molecule has 0 aromatic carbocycles. The molecule has 4 aromatic rings. The molecular weight excluding hydrogens is 526 g/mol. The second-order valence-electron chi connectivity index (χ2n) is 8.71. The minimum atomic E-state index is -4.18. The summed E-state index contributed by atoms with van der Waals surface area (Å²) < 4.78 is 48.3. The van der Waals surface area contributed by atoms with Crippen molar-refractivity contribution in [3.05, 3.63) is 54.5 Å². The van der Waals surface area contributed by atoms with Gasteiger partial charge in [0.05, 0.1) is 20.3 Å². The summed E-state index contributed by atoms with van der Waals surface area (Å²) in [5.74, 6) is 0.469. The van der Waals surface area contributed by atoms with Crippen LogP contribution in [0.3, 0.4) is 0 Å². The van der Waals surface area contributed by atoms with Gasteiger partial charge in [-0.25, -0.2) is 23.0 Å². The topological polar surface area (TPSA) is 169 Å². The quantitative estimate of drug-likeness (QED) is 0.287. The van der Waals surface area contributed by atoms with Crippen LogP contribution in [0.2, 0.25) is 0 Å². The van der Waals surface area contributed by atoms with Crippen molar-refractivity contribution in [2.75, 3.05) is 18.9 Å². The average Bonchev–Trinajstić information content (AvgIpc) is 3.33. The van der Waals surface area contributed by atoms with E-state index in [0.717, 1.165) is 5.56 Å². The summed E-state index contributed by atoms with van der Waals surface area (Å²) in [5, 5.41) is 7.22. The maximum Gasteiger partial charge on any atom is 0.245 e. The van der Waals surface area contributed by atoms with E-state index < -0.39 is 21.4 Å². The normalized spacial score (nSPS) is 13.2. The van der Waals surface area contributed by atoms with Gasteiger partial charge in [-0.05, 0) is 45.4 Å². The van der Waals surface area contributed by atoms with E-state index in [9.17, 15) is 8.42 Å². The highest BCUT2D eigenvalue weighted by atomic mass is 32.2. The van der Waals surface area contributed by atoms with Gasteiger partial charge < -0.3 is 14.2 Å². The summed E-state index contributed by atoms with van der Waals surface area (Å²) in [7, 11) is -1.35. The lowest BCUT2D eigenvalue weighted by atomic mass is 10.2. The van der Waals surface area contributed by atoms with Crippen molar-refractivity contribution >= 4 is 16.0 Å². The number of hydrogen-bond acceptors (Lipinski definition) is 12. The molecule has 14 nitrogen and oxygen atoms in total. The van der Waals surface area contributed by atoms with Crippen LogP contribution in [0.4, 0.5) is 5.95 Å². The van der Waals surface area contributed by atoms with Crippen LogP contribution in [-0.2, 0) is 14.8 Å². The van der Waals surface area contributed by atoms with Gasteiger partial charge in [0.2, 0.25) is 27.7 Å². The molecule has 0 fully saturated rings. The van der Waals surface area contributed by atoms with Crippen LogP contribution in [0, 0.1) is 6.92 Å². The summed E-state index contributed by atoms with van der Waals surface area (Å²) in [6, 6.07) is 5.20. The number of aryl methyl sites for hydroxylation is 1. The molecule has 1 N–H and O–H groups in total. The number of aromatic nitrogens is 8. The Kier molecular flexibility index (Phi) is 8.30. The first-order valence-corrected chi connectivity index (χ1v) is 13.5. The van der Waals surface area contributed by atoms with E-state index in [1.165, 1.54) is 32.0 Å². The lowest BCUT2D eigenvalue weighted by Gasteiger charge is -2.25. The van der Waals surface area contributed by atoms with E-state index in [1.807, 2.05) is 6.92 Å². The van der Waals surface area contributed by atoms with Gasteiger partial charge in [-0.15, -0.1) is 10.2 Å². The summed E-state index contributed by atoms with van der Waals surface area (Å²) in [5.41, 5.74) is 1.42. The molecule has 4 heterocycles. The first-order valence-electron chi connectivity index (χ1n) is 11.9. The SMILES string of the molecule is COc1ncnc(OC)c1-n1c(NS(=O)(=O)[C@@H](C)[C@@H](OC(C)C)c2ncc(C)cn2)nnc1-c1ccccn1. The van der Waals surface area contributed by atoms with Gasteiger partial charge in [0, 0.05) is 18.6 Å². The van der Waals surface area contributed by atoms with Crippen molar-refractivity contribution < 1.29 is 22.6 Å². The van der Waals surface area contributed by atoms with Crippen LogP contribution < -0.4 is 14.2 Å². The fraction of sp³-hybridized carbons (Fsp3) is 0.375. The van der Waals surface area contributed by atoms with Gasteiger partial charge >= 0.3 is 0 Å². The predicted molar refractivity (Wildman–Crippen MR) is 141 cm³/mol. The van der Waals surface area contributed by atoms with E-state index in [2.05, 4.69) is 39.8 Å². The number of anilines is 1. The Morgan fingerprint density at radius 1 is 0.923 bits per heavy atom. The van der Waals surface area contributed by atoms with Crippen LogP contribution in [0.1, 0.15) is 38.3 Å². The van der Waals surface area contributed by atoms with E-state index in [4.69, 9.17) is 14.2 Å². The van der Waals surface area contributed by atoms with Gasteiger partial charge in [0.15, 0.2) is 17.3 Å². The van der Waals surface area contributed by atoms with Crippen molar-refractivity contribution in [2.45, 2.75) is 45.2 Å². The fourth-order valence-electron chi connectivity index (χ4n) is 3.67. The Balaban J connectivity index is 1.83. The molecular formula is C24H29N9O5S. The van der Waals surface area contributed by atoms with Gasteiger partial charge in [-0.2, -0.15) is 9.97 Å². The molecule has 4 aromatic heterocycles. The second kappa shape index (κ2) is 11.7.